The van der Waals surface area contributed by atoms with E-state index in [1.54, 1.807) is 6.07 Å². The minimum Gasteiger partial charge on any atom is -0.423 e. The Balaban J connectivity index is 1.40. The number of thioether (sulfide) groups is 1. The highest BCUT2D eigenvalue weighted by Crippen LogP contribution is 2.28. The van der Waals surface area contributed by atoms with Crippen LogP contribution in [0.3, 0.4) is 0 Å². The number of carbonyl (C=O) groups is 1. The van der Waals surface area contributed by atoms with Gasteiger partial charge in [-0.3, -0.25) is 4.79 Å². The van der Waals surface area contributed by atoms with E-state index in [2.05, 4.69) is 4.98 Å². The van der Waals surface area contributed by atoms with E-state index in [9.17, 15) is 9.18 Å². The van der Waals surface area contributed by atoms with Crippen LogP contribution in [0.1, 0.15) is 12.8 Å². The molecule has 0 radical (unpaired) electrons. The molecule has 0 saturated carbocycles. The molecule has 2 saturated heterocycles. The topological polar surface area (TPSA) is 49.6 Å². The van der Waals surface area contributed by atoms with Gasteiger partial charge in [-0.05, 0) is 25.0 Å². The number of anilines is 1. The lowest BCUT2D eigenvalue weighted by atomic mass is 9.95. The van der Waals surface area contributed by atoms with Crippen LogP contribution in [0.15, 0.2) is 22.6 Å². The van der Waals surface area contributed by atoms with Crippen molar-refractivity contribution in [3.8, 4) is 0 Å². The van der Waals surface area contributed by atoms with Crippen LogP contribution in [0.4, 0.5) is 10.4 Å². The zero-order chi connectivity index (χ0) is 16.5. The second kappa shape index (κ2) is 6.63. The van der Waals surface area contributed by atoms with Crippen molar-refractivity contribution in [2.75, 3.05) is 42.6 Å². The zero-order valence-electron chi connectivity index (χ0n) is 13.4. The van der Waals surface area contributed by atoms with E-state index in [0.29, 0.717) is 23.0 Å². The molecule has 0 N–H and O–H groups in total. The Bertz CT molecular complexity index is 737. The lowest BCUT2D eigenvalue weighted by Gasteiger charge is -2.34. The van der Waals surface area contributed by atoms with Crippen LogP contribution in [-0.2, 0) is 4.79 Å². The van der Waals surface area contributed by atoms with Crippen molar-refractivity contribution in [1.29, 1.82) is 0 Å². The minimum absolute atomic E-state index is 0.103. The average Bonchev–Trinajstić information content (AvgIpc) is 3.05. The van der Waals surface area contributed by atoms with Crippen molar-refractivity contribution < 1.29 is 13.6 Å². The van der Waals surface area contributed by atoms with Crippen LogP contribution in [0, 0.1) is 11.7 Å². The Morgan fingerprint density at radius 2 is 1.96 bits per heavy atom. The van der Waals surface area contributed by atoms with Crippen LogP contribution in [-0.4, -0.2) is 53.5 Å². The molecule has 2 aliphatic rings. The Morgan fingerprint density at radius 3 is 2.71 bits per heavy atom. The van der Waals surface area contributed by atoms with Crippen LogP contribution >= 0.6 is 11.8 Å². The van der Waals surface area contributed by atoms with Gasteiger partial charge in [0.25, 0.3) is 6.01 Å². The predicted octanol–water partition coefficient (Wildman–Crippen LogP) is 2.76. The van der Waals surface area contributed by atoms with Gasteiger partial charge in [-0.15, -0.1) is 0 Å². The van der Waals surface area contributed by atoms with Crippen LogP contribution in [0.2, 0.25) is 0 Å². The first kappa shape index (κ1) is 15.7. The number of rotatable bonds is 2. The maximum absolute atomic E-state index is 13.3. The number of piperidine rings is 1. The first-order valence-electron chi connectivity index (χ1n) is 8.38. The number of benzene rings is 1. The van der Waals surface area contributed by atoms with Gasteiger partial charge in [0.15, 0.2) is 5.58 Å². The lowest BCUT2D eigenvalue weighted by Crippen LogP contribution is -2.45. The fourth-order valence-corrected chi connectivity index (χ4v) is 4.28. The van der Waals surface area contributed by atoms with Crippen molar-refractivity contribution >= 4 is 34.8 Å². The summed E-state index contributed by atoms with van der Waals surface area (Å²) in [6, 6.07) is 4.89. The molecule has 128 valence electrons. The molecule has 1 aromatic carbocycles. The van der Waals surface area contributed by atoms with Gasteiger partial charge in [0, 0.05) is 49.7 Å². The molecule has 5 nitrogen and oxygen atoms in total. The molecule has 2 aliphatic heterocycles. The number of hydrogen-bond acceptors (Lipinski definition) is 5. The van der Waals surface area contributed by atoms with Crippen molar-refractivity contribution in [3.63, 3.8) is 0 Å². The maximum Gasteiger partial charge on any atom is 0.298 e. The molecular weight excluding hydrogens is 329 g/mol. The first-order chi connectivity index (χ1) is 11.7. The molecule has 1 aromatic heterocycles. The largest absolute Gasteiger partial charge is 0.423 e. The van der Waals surface area contributed by atoms with E-state index >= 15 is 0 Å². The number of oxazole rings is 1. The third-order valence-corrected chi connectivity index (χ3v) is 5.72. The quantitative estimate of drug-likeness (QED) is 0.834. The van der Waals surface area contributed by atoms with Gasteiger partial charge in [-0.2, -0.15) is 16.7 Å². The van der Waals surface area contributed by atoms with Gasteiger partial charge in [0.05, 0.1) is 0 Å². The van der Waals surface area contributed by atoms with E-state index in [4.69, 9.17) is 4.42 Å². The fourth-order valence-electron chi connectivity index (χ4n) is 3.38. The number of hydrogen-bond donors (Lipinski definition) is 0. The summed E-state index contributed by atoms with van der Waals surface area (Å²) >= 11 is 1.91. The number of carbonyl (C=O) groups excluding carboxylic acids is 1. The predicted molar refractivity (Wildman–Crippen MR) is 92.8 cm³/mol. The van der Waals surface area contributed by atoms with E-state index in [0.717, 1.165) is 50.5 Å². The van der Waals surface area contributed by atoms with E-state index < -0.39 is 0 Å². The number of fused-ring (bicyclic) bond motifs is 1. The fraction of sp³-hybridized carbons (Fsp3) is 0.529. The van der Waals surface area contributed by atoms with E-state index in [1.807, 2.05) is 21.6 Å². The summed E-state index contributed by atoms with van der Waals surface area (Å²) in [5, 5.41) is 0. The normalized spacial score (nSPS) is 19.9. The molecule has 3 heterocycles. The van der Waals surface area contributed by atoms with Gasteiger partial charge >= 0.3 is 0 Å². The highest BCUT2D eigenvalue weighted by atomic mass is 32.2. The van der Waals surface area contributed by atoms with Gasteiger partial charge < -0.3 is 14.2 Å². The Morgan fingerprint density at radius 1 is 1.21 bits per heavy atom. The van der Waals surface area contributed by atoms with Crippen molar-refractivity contribution in [1.82, 2.24) is 9.88 Å². The third kappa shape index (κ3) is 3.09. The Labute approximate surface area is 144 Å². The highest BCUT2D eigenvalue weighted by Gasteiger charge is 2.30. The van der Waals surface area contributed by atoms with Gasteiger partial charge in [0.2, 0.25) is 5.91 Å². The van der Waals surface area contributed by atoms with Crippen molar-refractivity contribution in [2.24, 2.45) is 5.92 Å². The maximum atomic E-state index is 13.3. The first-order valence-corrected chi connectivity index (χ1v) is 9.54. The summed E-state index contributed by atoms with van der Waals surface area (Å²) in [7, 11) is 0. The second-order valence-electron chi connectivity index (χ2n) is 6.31. The van der Waals surface area contributed by atoms with Crippen LogP contribution in [0.25, 0.3) is 11.1 Å². The summed E-state index contributed by atoms with van der Waals surface area (Å²) in [5.74, 6) is 2.17. The van der Waals surface area contributed by atoms with Gasteiger partial charge in [0.1, 0.15) is 11.3 Å². The zero-order valence-corrected chi connectivity index (χ0v) is 14.2. The molecule has 1 amide bonds. The minimum atomic E-state index is -0.325. The molecule has 2 fully saturated rings. The summed E-state index contributed by atoms with van der Waals surface area (Å²) < 4.78 is 18.9. The molecule has 24 heavy (non-hydrogen) atoms. The van der Waals surface area contributed by atoms with Crippen LogP contribution < -0.4 is 4.90 Å². The second-order valence-corrected chi connectivity index (χ2v) is 7.53. The third-order valence-electron chi connectivity index (χ3n) is 4.78. The van der Waals surface area contributed by atoms with Crippen molar-refractivity contribution in [2.45, 2.75) is 12.8 Å². The summed E-state index contributed by atoms with van der Waals surface area (Å²) in [6.45, 7) is 3.24. The molecule has 7 heteroatoms. The van der Waals surface area contributed by atoms with Crippen molar-refractivity contribution in [3.05, 3.63) is 24.0 Å². The van der Waals surface area contributed by atoms with Crippen LogP contribution in [0.5, 0.6) is 0 Å². The number of aromatic nitrogens is 1. The SMILES string of the molecule is O=C(C1CCN(c2nc3ccc(F)cc3o2)CC1)N1CCSCC1. The molecule has 0 spiro atoms. The summed E-state index contributed by atoms with van der Waals surface area (Å²) in [5.41, 5.74) is 1.13. The Hall–Kier alpha value is -1.76. The Kier molecular flexibility index (Phi) is 4.35. The molecule has 0 atom stereocenters. The molecule has 0 bridgehead atoms. The van der Waals surface area contributed by atoms with Gasteiger partial charge in [-0.1, -0.05) is 0 Å². The number of nitrogens with zero attached hydrogens (tertiary/aromatic N) is 3. The van der Waals surface area contributed by atoms with E-state index in [-0.39, 0.29) is 11.7 Å². The summed E-state index contributed by atoms with van der Waals surface area (Å²) in [4.78, 5) is 21.1. The molecule has 0 aliphatic carbocycles. The summed E-state index contributed by atoms with van der Waals surface area (Å²) in [6.07, 6.45) is 1.63. The molecule has 2 aromatic rings. The standard InChI is InChI=1S/C17H20FN3O2S/c18-13-1-2-14-15(11-13)23-17(19-14)21-5-3-12(4-6-21)16(22)20-7-9-24-10-8-20/h1-2,11-12H,3-10H2. The van der Waals surface area contributed by atoms with E-state index in [1.165, 1.54) is 12.1 Å². The average molecular weight is 349 g/mol. The monoisotopic (exact) mass is 349 g/mol. The number of amides is 1. The lowest BCUT2D eigenvalue weighted by molar-refractivity contribution is -0.135. The van der Waals surface area contributed by atoms with Gasteiger partial charge in [-0.25, -0.2) is 4.39 Å². The molecule has 4 rings (SSSR count). The highest BCUT2D eigenvalue weighted by molar-refractivity contribution is 7.99. The molecular formula is C17H20FN3O2S. The number of halogens is 1. The molecule has 0 unspecified atom stereocenters. The smallest absolute Gasteiger partial charge is 0.298 e.